The van der Waals surface area contributed by atoms with Crippen molar-refractivity contribution in [1.82, 2.24) is 10.2 Å². The molecule has 0 heterocycles. The smallest absolute Gasteiger partial charge is 0.244 e. The van der Waals surface area contributed by atoms with E-state index in [0.717, 1.165) is 21.7 Å². The Hall–Kier alpha value is -2.29. The van der Waals surface area contributed by atoms with E-state index in [0.29, 0.717) is 13.0 Å². The average Bonchev–Trinajstić information content (AvgIpc) is 2.78. The molecule has 1 atom stereocenters. The third-order valence-corrected chi connectivity index (χ3v) is 7.49. The van der Waals surface area contributed by atoms with E-state index in [1.165, 1.54) is 17.0 Å². The van der Waals surface area contributed by atoms with Gasteiger partial charge in [-0.2, -0.15) is 0 Å². The molecule has 2 amide bonds. The Bertz CT molecular complexity index is 1160. The van der Waals surface area contributed by atoms with Crippen molar-refractivity contribution < 1.29 is 18.0 Å². The molecule has 1 N–H and O–H groups in total. The number of anilines is 1. The van der Waals surface area contributed by atoms with Gasteiger partial charge in [-0.15, -0.1) is 0 Å². The molecular formula is C25H33Cl2N3O4S. The maximum Gasteiger partial charge on any atom is 0.244 e. The summed E-state index contributed by atoms with van der Waals surface area (Å²) < 4.78 is 26.3. The first kappa shape index (κ1) is 28.9. The van der Waals surface area contributed by atoms with Crippen molar-refractivity contribution in [2.24, 2.45) is 5.92 Å². The van der Waals surface area contributed by atoms with E-state index < -0.39 is 28.5 Å². The molecule has 2 aromatic carbocycles. The summed E-state index contributed by atoms with van der Waals surface area (Å²) in [5.74, 6) is -0.571. The second-order valence-electron chi connectivity index (χ2n) is 8.85. The van der Waals surface area contributed by atoms with Gasteiger partial charge in [-0.25, -0.2) is 8.42 Å². The van der Waals surface area contributed by atoms with Gasteiger partial charge in [0.1, 0.15) is 12.6 Å². The van der Waals surface area contributed by atoms with Gasteiger partial charge in [0.2, 0.25) is 21.8 Å². The van der Waals surface area contributed by atoms with Gasteiger partial charge in [0.15, 0.2) is 0 Å². The normalized spacial score (nSPS) is 12.3. The van der Waals surface area contributed by atoms with Gasteiger partial charge in [0.25, 0.3) is 0 Å². The molecule has 2 aromatic rings. The van der Waals surface area contributed by atoms with Gasteiger partial charge in [-0.1, -0.05) is 74.3 Å². The fraction of sp³-hybridized carbons (Fsp3) is 0.440. The fourth-order valence-corrected chi connectivity index (χ4v) is 4.89. The summed E-state index contributed by atoms with van der Waals surface area (Å²) >= 11 is 12.4. The second kappa shape index (κ2) is 12.6. The predicted octanol–water partition coefficient (Wildman–Crippen LogP) is 4.65. The van der Waals surface area contributed by atoms with Crippen LogP contribution < -0.4 is 9.62 Å². The molecule has 0 aliphatic carbocycles. The Morgan fingerprint density at radius 1 is 1.06 bits per heavy atom. The molecule has 0 spiro atoms. The maximum atomic E-state index is 13.7. The third kappa shape index (κ3) is 7.85. The zero-order valence-corrected chi connectivity index (χ0v) is 23.0. The lowest BCUT2D eigenvalue weighted by Gasteiger charge is -2.33. The largest absolute Gasteiger partial charge is 0.354 e. The van der Waals surface area contributed by atoms with Crippen LogP contribution in [0.15, 0.2) is 42.5 Å². The van der Waals surface area contributed by atoms with Gasteiger partial charge in [-0.05, 0) is 42.5 Å². The van der Waals surface area contributed by atoms with Gasteiger partial charge in [0, 0.05) is 13.1 Å². The summed E-state index contributed by atoms with van der Waals surface area (Å²) in [4.78, 5) is 28.2. The second-order valence-corrected chi connectivity index (χ2v) is 11.5. The highest BCUT2D eigenvalue weighted by Gasteiger charge is 2.32. The Kier molecular flexibility index (Phi) is 10.4. The van der Waals surface area contributed by atoms with Crippen molar-refractivity contribution in [1.29, 1.82) is 0 Å². The molecule has 192 valence electrons. The molecule has 7 nitrogen and oxygen atoms in total. The minimum absolute atomic E-state index is 0.0274. The van der Waals surface area contributed by atoms with Crippen LogP contribution in [0.5, 0.6) is 0 Å². The lowest BCUT2D eigenvalue weighted by Crippen LogP contribution is -2.52. The van der Waals surface area contributed by atoms with Crippen molar-refractivity contribution in [3.05, 3.63) is 63.6 Å². The van der Waals surface area contributed by atoms with E-state index in [2.05, 4.69) is 5.32 Å². The van der Waals surface area contributed by atoms with E-state index in [1.54, 1.807) is 6.07 Å². The molecule has 10 heteroatoms. The fourth-order valence-electron chi connectivity index (χ4n) is 3.59. The molecule has 0 fully saturated rings. The molecule has 0 saturated carbocycles. The zero-order chi connectivity index (χ0) is 26.3. The van der Waals surface area contributed by atoms with Gasteiger partial charge in [0.05, 0.1) is 22.0 Å². The number of halogens is 2. The van der Waals surface area contributed by atoms with E-state index in [1.807, 2.05) is 52.0 Å². The Labute approximate surface area is 218 Å². The number of benzene rings is 2. The predicted molar refractivity (Wildman–Crippen MR) is 142 cm³/mol. The van der Waals surface area contributed by atoms with Crippen LogP contribution in [-0.2, 0) is 26.2 Å². The molecule has 0 aliphatic rings. The summed E-state index contributed by atoms with van der Waals surface area (Å²) in [7, 11) is -3.90. The minimum atomic E-state index is -3.90. The van der Waals surface area contributed by atoms with Crippen LogP contribution in [0.1, 0.15) is 38.3 Å². The quantitative estimate of drug-likeness (QED) is 0.448. The van der Waals surface area contributed by atoms with Crippen molar-refractivity contribution in [2.75, 3.05) is 23.7 Å². The van der Waals surface area contributed by atoms with Gasteiger partial charge < -0.3 is 10.2 Å². The van der Waals surface area contributed by atoms with Crippen molar-refractivity contribution >= 4 is 50.7 Å². The lowest BCUT2D eigenvalue weighted by molar-refractivity contribution is -0.140. The molecule has 1 unspecified atom stereocenters. The third-order valence-electron chi connectivity index (χ3n) is 5.55. The first-order valence-corrected chi connectivity index (χ1v) is 14.0. The van der Waals surface area contributed by atoms with Crippen molar-refractivity contribution in [3.63, 3.8) is 0 Å². The van der Waals surface area contributed by atoms with E-state index >= 15 is 0 Å². The van der Waals surface area contributed by atoms with E-state index in [4.69, 9.17) is 23.2 Å². The monoisotopic (exact) mass is 541 g/mol. The minimum Gasteiger partial charge on any atom is -0.354 e. The van der Waals surface area contributed by atoms with Crippen LogP contribution in [0, 0.1) is 12.8 Å². The van der Waals surface area contributed by atoms with E-state index in [-0.39, 0.29) is 34.1 Å². The number of sulfonamides is 1. The first-order chi connectivity index (χ1) is 16.4. The van der Waals surface area contributed by atoms with Crippen LogP contribution in [0.4, 0.5) is 5.69 Å². The van der Waals surface area contributed by atoms with Crippen LogP contribution in [0.3, 0.4) is 0 Å². The number of carbonyl (C=O) groups excluding carboxylic acids is 2. The van der Waals surface area contributed by atoms with Crippen LogP contribution in [0.25, 0.3) is 0 Å². The molecule has 35 heavy (non-hydrogen) atoms. The number of aryl methyl sites for hydroxylation is 1. The molecular weight excluding hydrogens is 509 g/mol. The summed E-state index contributed by atoms with van der Waals surface area (Å²) in [6.45, 7) is 7.80. The van der Waals surface area contributed by atoms with Gasteiger partial charge >= 0.3 is 0 Å². The Morgan fingerprint density at radius 2 is 1.71 bits per heavy atom. The molecule has 0 aliphatic heterocycles. The average molecular weight is 543 g/mol. The standard InChI is InChI=1S/C25H33Cl2N3O4S/c1-6-21(25(32)28-14-17(2)3)29(15-19-11-8-7-10-18(19)4)23(31)16-30(35(5,33)34)22-13-9-12-20(26)24(22)27/h7-13,17,21H,6,14-16H2,1-5H3,(H,28,32). The zero-order valence-electron chi connectivity index (χ0n) is 20.7. The number of nitrogens with zero attached hydrogens (tertiary/aromatic N) is 2. The molecule has 0 bridgehead atoms. The number of hydrogen-bond donors (Lipinski definition) is 1. The number of carbonyl (C=O) groups is 2. The van der Waals surface area contributed by atoms with Crippen LogP contribution in [0.2, 0.25) is 10.0 Å². The highest BCUT2D eigenvalue weighted by Crippen LogP contribution is 2.33. The maximum absolute atomic E-state index is 13.7. The molecule has 0 aromatic heterocycles. The number of nitrogens with one attached hydrogen (secondary N) is 1. The van der Waals surface area contributed by atoms with Gasteiger partial charge in [-0.3, -0.25) is 13.9 Å². The summed E-state index contributed by atoms with van der Waals surface area (Å²) in [6, 6.07) is 11.4. The highest BCUT2D eigenvalue weighted by molar-refractivity contribution is 7.92. The molecule has 0 saturated heterocycles. The number of hydrogen-bond acceptors (Lipinski definition) is 4. The summed E-state index contributed by atoms with van der Waals surface area (Å²) in [5.41, 5.74) is 1.92. The van der Waals surface area contributed by atoms with E-state index in [9.17, 15) is 18.0 Å². The number of rotatable bonds is 11. The number of amides is 2. The first-order valence-electron chi connectivity index (χ1n) is 11.4. The SMILES string of the molecule is CCC(C(=O)NCC(C)C)N(Cc1ccccc1C)C(=O)CN(c1cccc(Cl)c1Cl)S(C)(=O)=O. The van der Waals surface area contributed by atoms with Crippen molar-refractivity contribution in [3.8, 4) is 0 Å². The Balaban J connectivity index is 2.48. The van der Waals surface area contributed by atoms with Crippen LogP contribution >= 0.6 is 23.2 Å². The summed E-state index contributed by atoms with van der Waals surface area (Å²) in [6.07, 6.45) is 1.36. The van der Waals surface area contributed by atoms with Crippen LogP contribution in [-0.4, -0.2) is 50.5 Å². The Morgan fingerprint density at radius 3 is 2.29 bits per heavy atom. The summed E-state index contributed by atoms with van der Waals surface area (Å²) in [5, 5.41) is 3.09. The topological polar surface area (TPSA) is 86.8 Å². The van der Waals surface area contributed by atoms with Crippen molar-refractivity contribution in [2.45, 2.75) is 46.7 Å². The molecule has 2 rings (SSSR count). The highest BCUT2D eigenvalue weighted by atomic mass is 35.5. The molecule has 0 radical (unpaired) electrons. The lowest BCUT2D eigenvalue weighted by atomic mass is 10.1.